The number of amides is 1. The summed E-state index contributed by atoms with van der Waals surface area (Å²) in [6.07, 6.45) is 5.86. The zero-order valence-electron chi connectivity index (χ0n) is 8.01. The van der Waals surface area contributed by atoms with Crippen molar-refractivity contribution in [3.05, 3.63) is 0 Å². The average Bonchev–Trinajstić information content (AvgIpc) is 2.12. The molecule has 3 heteroatoms. The summed E-state index contributed by atoms with van der Waals surface area (Å²) in [5.41, 5.74) is 0. The van der Waals surface area contributed by atoms with E-state index in [1.807, 2.05) is 0 Å². The van der Waals surface area contributed by atoms with Crippen molar-refractivity contribution in [2.24, 2.45) is 5.92 Å². The van der Waals surface area contributed by atoms with Crippen LogP contribution in [0.2, 0.25) is 0 Å². The second-order valence-electron chi connectivity index (χ2n) is 4.18. The van der Waals surface area contributed by atoms with Gasteiger partial charge in [0, 0.05) is 12.6 Å². The summed E-state index contributed by atoms with van der Waals surface area (Å²) < 4.78 is 0. The molecule has 13 heavy (non-hydrogen) atoms. The first kappa shape index (κ1) is 9.00. The Labute approximate surface area is 79.3 Å². The molecule has 2 N–H and O–H groups in total. The van der Waals surface area contributed by atoms with Gasteiger partial charge in [-0.25, -0.2) is 0 Å². The lowest BCUT2D eigenvalue weighted by molar-refractivity contribution is -0.126. The van der Waals surface area contributed by atoms with Crippen LogP contribution >= 0.6 is 0 Å². The van der Waals surface area contributed by atoms with Crippen molar-refractivity contribution in [3.8, 4) is 0 Å². The molecule has 2 fully saturated rings. The maximum absolute atomic E-state index is 11.7. The standard InChI is InChI=1S/C10H18N2O/c13-10(12-9-4-1-5-9)8-3-2-6-11-7-8/h8-9,11H,1-7H2,(H,12,13). The van der Waals surface area contributed by atoms with Gasteiger partial charge in [-0.1, -0.05) is 0 Å². The third-order valence-electron chi connectivity index (χ3n) is 3.12. The Morgan fingerprint density at radius 3 is 2.62 bits per heavy atom. The molecule has 2 aliphatic rings. The SMILES string of the molecule is O=C(NC1CCC1)C1CCCNC1. The molecule has 1 atom stereocenters. The number of hydrogen-bond acceptors (Lipinski definition) is 2. The van der Waals surface area contributed by atoms with Crippen LogP contribution in [-0.2, 0) is 4.79 Å². The van der Waals surface area contributed by atoms with E-state index in [1.165, 1.54) is 19.3 Å². The fourth-order valence-electron chi connectivity index (χ4n) is 1.95. The van der Waals surface area contributed by atoms with Gasteiger partial charge in [0.05, 0.1) is 5.92 Å². The number of piperidine rings is 1. The van der Waals surface area contributed by atoms with Crippen LogP contribution in [-0.4, -0.2) is 25.0 Å². The summed E-state index contributed by atoms with van der Waals surface area (Å²) >= 11 is 0. The van der Waals surface area contributed by atoms with Gasteiger partial charge in [0.1, 0.15) is 0 Å². The third-order valence-corrected chi connectivity index (χ3v) is 3.12. The Balaban J connectivity index is 1.74. The van der Waals surface area contributed by atoms with Crippen LogP contribution in [0.4, 0.5) is 0 Å². The number of hydrogen-bond donors (Lipinski definition) is 2. The van der Waals surface area contributed by atoms with Gasteiger partial charge in [-0.3, -0.25) is 4.79 Å². The Morgan fingerprint density at radius 2 is 2.08 bits per heavy atom. The molecule has 0 bridgehead atoms. The summed E-state index contributed by atoms with van der Waals surface area (Å²) in [4.78, 5) is 11.7. The zero-order valence-corrected chi connectivity index (χ0v) is 8.01. The molecular weight excluding hydrogens is 164 g/mol. The number of carbonyl (C=O) groups is 1. The van der Waals surface area contributed by atoms with Crippen LogP contribution < -0.4 is 10.6 Å². The van der Waals surface area contributed by atoms with Gasteiger partial charge in [-0.05, 0) is 38.6 Å². The predicted molar refractivity (Wildman–Crippen MR) is 51.4 cm³/mol. The Bertz CT molecular complexity index is 183. The highest BCUT2D eigenvalue weighted by Gasteiger charge is 2.25. The minimum Gasteiger partial charge on any atom is -0.353 e. The van der Waals surface area contributed by atoms with Crippen molar-refractivity contribution < 1.29 is 4.79 Å². The summed E-state index contributed by atoms with van der Waals surface area (Å²) in [7, 11) is 0. The second-order valence-corrected chi connectivity index (χ2v) is 4.18. The topological polar surface area (TPSA) is 41.1 Å². The molecule has 1 saturated heterocycles. The zero-order chi connectivity index (χ0) is 9.10. The van der Waals surface area contributed by atoms with Crippen LogP contribution in [0.15, 0.2) is 0 Å². The number of carbonyl (C=O) groups excluding carboxylic acids is 1. The molecule has 0 aromatic rings. The molecule has 0 aromatic heterocycles. The summed E-state index contributed by atoms with van der Waals surface area (Å²) in [5.74, 6) is 0.506. The van der Waals surface area contributed by atoms with E-state index < -0.39 is 0 Å². The first-order chi connectivity index (χ1) is 6.36. The lowest BCUT2D eigenvalue weighted by atomic mass is 9.91. The van der Waals surface area contributed by atoms with E-state index in [9.17, 15) is 4.79 Å². The normalized spacial score (nSPS) is 29.4. The molecule has 1 aliphatic carbocycles. The summed E-state index contributed by atoms with van der Waals surface area (Å²) in [6.45, 7) is 1.95. The molecule has 2 rings (SSSR count). The molecule has 3 nitrogen and oxygen atoms in total. The highest BCUT2D eigenvalue weighted by molar-refractivity contribution is 5.79. The maximum atomic E-state index is 11.7. The lowest BCUT2D eigenvalue weighted by Gasteiger charge is -2.30. The molecule has 1 amide bonds. The van der Waals surface area contributed by atoms with Gasteiger partial charge in [0.25, 0.3) is 0 Å². The Kier molecular flexibility index (Phi) is 2.83. The smallest absolute Gasteiger partial charge is 0.224 e. The van der Waals surface area contributed by atoms with Crippen molar-refractivity contribution >= 4 is 5.91 Å². The van der Waals surface area contributed by atoms with Gasteiger partial charge in [0.2, 0.25) is 5.91 Å². The van der Waals surface area contributed by atoms with E-state index in [4.69, 9.17) is 0 Å². The van der Waals surface area contributed by atoms with E-state index >= 15 is 0 Å². The molecule has 0 aromatic carbocycles. The van der Waals surface area contributed by atoms with Gasteiger partial charge in [-0.2, -0.15) is 0 Å². The first-order valence-electron chi connectivity index (χ1n) is 5.37. The largest absolute Gasteiger partial charge is 0.353 e. The van der Waals surface area contributed by atoms with Crippen molar-refractivity contribution in [1.29, 1.82) is 0 Å². The van der Waals surface area contributed by atoms with Gasteiger partial charge < -0.3 is 10.6 Å². The molecule has 74 valence electrons. The van der Waals surface area contributed by atoms with Crippen molar-refractivity contribution in [2.75, 3.05) is 13.1 Å². The fraction of sp³-hybridized carbons (Fsp3) is 0.900. The highest BCUT2D eigenvalue weighted by Crippen LogP contribution is 2.19. The molecule has 1 heterocycles. The van der Waals surface area contributed by atoms with Crippen molar-refractivity contribution in [1.82, 2.24) is 10.6 Å². The lowest BCUT2D eigenvalue weighted by Crippen LogP contribution is -2.46. The Morgan fingerprint density at radius 1 is 1.23 bits per heavy atom. The predicted octanol–water partition coefficient (Wildman–Crippen LogP) is 0.655. The minimum absolute atomic E-state index is 0.231. The van der Waals surface area contributed by atoms with E-state index in [2.05, 4.69) is 10.6 Å². The van der Waals surface area contributed by atoms with Crippen LogP contribution in [0.25, 0.3) is 0 Å². The van der Waals surface area contributed by atoms with Crippen LogP contribution in [0.5, 0.6) is 0 Å². The molecule has 1 aliphatic heterocycles. The maximum Gasteiger partial charge on any atom is 0.224 e. The third kappa shape index (κ3) is 2.21. The Hall–Kier alpha value is -0.570. The van der Waals surface area contributed by atoms with Crippen LogP contribution in [0.3, 0.4) is 0 Å². The van der Waals surface area contributed by atoms with Crippen LogP contribution in [0, 0.1) is 5.92 Å². The van der Waals surface area contributed by atoms with E-state index in [-0.39, 0.29) is 11.8 Å². The summed E-state index contributed by atoms with van der Waals surface area (Å²) in [5, 5.41) is 6.37. The monoisotopic (exact) mass is 182 g/mol. The van der Waals surface area contributed by atoms with Gasteiger partial charge in [0.15, 0.2) is 0 Å². The highest BCUT2D eigenvalue weighted by atomic mass is 16.2. The number of nitrogens with one attached hydrogen (secondary N) is 2. The molecule has 1 saturated carbocycles. The molecule has 1 unspecified atom stereocenters. The number of rotatable bonds is 2. The van der Waals surface area contributed by atoms with E-state index in [1.54, 1.807) is 0 Å². The van der Waals surface area contributed by atoms with Gasteiger partial charge >= 0.3 is 0 Å². The van der Waals surface area contributed by atoms with Crippen molar-refractivity contribution in [2.45, 2.75) is 38.1 Å². The summed E-state index contributed by atoms with van der Waals surface area (Å²) in [6, 6.07) is 0.495. The molecule has 0 spiro atoms. The van der Waals surface area contributed by atoms with E-state index in [0.29, 0.717) is 6.04 Å². The first-order valence-corrected chi connectivity index (χ1v) is 5.37. The quantitative estimate of drug-likeness (QED) is 0.658. The van der Waals surface area contributed by atoms with E-state index in [0.717, 1.165) is 25.9 Å². The second kappa shape index (κ2) is 4.09. The van der Waals surface area contributed by atoms with Crippen molar-refractivity contribution in [3.63, 3.8) is 0 Å². The minimum atomic E-state index is 0.231. The fourth-order valence-corrected chi connectivity index (χ4v) is 1.95. The van der Waals surface area contributed by atoms with Gasteiger partial charge in [-0.15, -0.1) is 0 Å². The average molecular weight is 182 g/mol. The molecule has 0 radical (unpaired) electrons. The van der Waals surface area contributed by atoms with Crippen LogP contribution in [0.1, 0.15) is 32.1 Å². The molecular formula is C10H18N2O.